The summed E-state index contributed by atoms with van der Waals surface area (Å²) in [5.74, 6) is -0.336. The van der Waals surface area contributed by atoms with Gasteiger partial charge < -0.3 is 4.74 Å². The van der Waals surface area contributed by atoms with Gasteiger partial charge in [0.1, 0.15) is 6.61 Å². The molecule has 0 heterocycles. The minimum atomic E-state index is -0.336. The fourth-order valence-electron chi connectivity index (χ4n) is 0.816. The molecule has 0 aliphatic rings. The van der Waals surface area contributed by atoms with Crippen LogP contribution in [-0.4, -0.2) is 5.97 Å². The van der Waals surface area contributed by atoms with Crippen molar-refractivity contribution in [1.29, 1.82) is 0 Å². The van der Waals surface area contributed by atoms with E-state index in [0.29, 0.717) is 5.57 Å². The van der Waals surface area contributed by atoms with Crippen molar-refractivity contribution in [1.82, 2.24) is 0 Å². The Hall–Kier alpha value is -0.790. The van der Waals surface area contributed by atoms with Gasteiger partial charge in [0.15, 0.2) is 0 Å². The molecule has 0 aliphatic heterocycles. The Morgan fingerprint density at radius 3 is 2.62 bits per heavy atom. The van der Waals surface area contributed by atoms with Crippen molar-refractivity contribution in [3.63, 3.8) is 0 Å². The van der Waals surface area contributed by atoms with Gasteiger partial charge in [0.05, 0.1) is 0 Å². The molecule has 0 fully saturated rings. The van der Waals surface area contributed by atoms with E-state index >= 15 is 0 Å². The van der Waals surface area contributed by atoms with Gasteiger partial charge in [0, 0.05) is 5.57 Å². The Kier molecular flexibility index (Phi) is 7.36. The topological polar surface area (TPSA) is 26.3 Å². The summed E-state index contributed by atoms with van der Waals surface area (Å²) in [4.78, 5) is 10.9. The van der Waals surface area contributed by atoms with Crippen LogP contribution >= 0.6 is 0 Å². The van der Waals surface area contributed by atoms with E-state index in [1.807, 2.05) is 0 Å². The lowest BCUT2D eigenvalue weighted by Gasteiger charge is -2.02. The Morgan fingerprint density at radius 1 is 1.38 bits per heavy atom. The highest BCUT2D eigenvalue weighted by atomic mass is 16.5. The van der Waals surface area contributed by atoms with E-state index in [0.717, 1.165) is 32.1 Å². The van der Waals surface area contributed by atoms with Crippen LogP contribution < -0.4 is 0 Å². The SMILES string of the molecule is [CH2]CCCCC[CH]OC(=O)C(=C)C. The van der Waals surface area contributed by atoms with E-state index in [9.17, 15) is 4.79 Å². The third-order valence-electron chi connectivity index (χ3n) is 1.61. The Morgan fingerprint density at radius 2 is 2.08 bits per heavy atom. The molecule has 0 spiro atoms. The molecule has 0 N–H and O–H groups in total. The molecule has 0 saturated carbocycles. The zero-order valence-corrected chi connectivity index (χ0v) is 8.34. The summed E-state index contributed by atoms with van der Waals surface area (Å²) in [6.45, 7) is 10.4. The van der Waals surface area contributed by atoms with Gasteiger partial charge in [-0.1, -0.05) is 32.8 Å². The van der Waals surface area contributed by atoms with Crippen molar-refractivity contribution < 1.29 is 9.53 Å². The standard InChI is InChI=1S/C11H18O2/c1-4-5-6-7-8-9-13-11(12)10(2)3/h9H,1-2,4-8H2,3H3. The number of ether oxygens (including phenoxy) is 1. The van der Waals surface area contributed by atoms with E-state index in [4.69, 9.17) is 4.74 Å². The number of hydrogen-bond donors (Lipinski definition) is 0. The second kappa shape index (κ2) is 7.84. The molecule has 0 aromatic rings. The lowest BCUT2D eigenvalue weighted by molar-refractivity contribution is -0.135. The first kappa shape index (κ1) is 12.2. The first-order valence-electron chi connectivity index (χ1n) is 4.66. The predicted octanol–water partition coefficient (Wildman–Crippen LogP) is 3.05. The molecule has 0 rings (SSSR count). The van der Waals surface area contributed by atoms with E-state index in [1.54, 1.807) is 13.5 Å². The number of esters is 1. The second-order valence-corrected chi connectivity index (χ2v) is 3.06. The largest absolute Gasteiger partial charge is 0.455 e. The van der Waals surface area contributed by atoms with Gasteiger partial charge in [-0.25, -0.2) is 4.79 Å². The summed E-state index contributed by atoms with van der Waals surface area (Å²) in [5, 5.41) is 0. The molecule has 0 bridgehead atoms. The molecule has 2 nitrogen and oxygen atoms in total. The highest BCUT2D eigenvalue weighted by Crippen LogP contribution is 2.05. The van der Waals surface area contributed by atoms with Gasteiger partial charge in [-0.05, 0) is 19.8 Å². The molecule has 0 aliphatic carbocycles. The van der Waals surface area contributed by atoms with Crippen LogP contribution in [0.25, 0.3) is 0 Å². The number of unbranched alkanes of at least 4 members (excludes halogenated alkanes) is 4. The van der Waals surface area contributed by atoms with Crippen molar-refractivity contribution in [2.75, 3.05) is 0 Å². The molecule has 0 aromatic carbocycles. The molecular weight excluding hydrogens is 164 g/mol. The summed E-state index contributed by atoms with van der Waals surface area (Å²) < 4.78 is 4.80. The number of carbonyl (C=O) groups excluding carboxylic acids is 1. The zero-order chi connectivity index (χ0) is 10.1. The summed E-state index contributed by atoms with van der Waals surface area (Å²) >= 11 is 0. The summed E-state index contributed by atoms with van der Waals surface area (Å²) in [7, 11) is 0. The molecule has 13 heavy (non-hydrogen) atoms. The first-order valence-corrected chi connectivity index (χ1v) is 4.66. The van der Waals surface area contributed by atoms with Crippen LogP contribution in [0, 0.1) is 13.5 Å². The van der Waals surface area contributed by atoms with Gasteiger partial charge in [0.25, 0.3) is 0 Å². The Labute approximate surface area is 81.0 Å². The highest BCUT2D eigenvalue weighted by Gasteiger charge is 2.01. The number of rotatable bonds is 7. The lowest BCUT2D eigenvalue weighted by atomic mass is 10.2. The maximum absolute atomic E-state index is 10.9. The van der Waals surface area contributed by atoms with Gasteiger partial charge in [-0.15, -0.1) is 0 Å². The molecule has 0 unspecified atom stereocenters. The molecule has 0 saturated heterocycles. The number of hydrogen-bond acceptors (Lipinski definition) is 2. The van der Waals surface area contributed by atoms with Crippen LogP contribution in [0.1, 0.15) is 39.0 Å². The third kappa shape index (κ3) is 7.57. The fraction of sp³-hybridized carbons (Fsp3) is 0.545. The second-order valence-electron chi connectivity index (χ2n) is 3.06. The van der Waals surface area contributed by atoms with E-state index in [2.05, 4.69) is 13.5 Å². The highest BCUT2D eigenvalue weighted by molar-refractivity contribution is 5.87. The van der Waals surface area contributed by atoms with E-state index in [1.165, 1.54) is 0 Å². The minimum absolute atomic E-state index is 0.336. The molecule has 2 heteroatoms. The van der Waals surface area contributed by atoms with E-state index < -0.39 is 0 Å². The van der Waals surface area contributed by atoms with Gasteiger partial charge >= 0.3 is 5.97 Å². The van der Waals surface area contributed by atoms with Crippen molar-refractivity contribution in [2.45, 2.75) is 39.0 Å². The van der Waals surface area contributed by atoms with Gasteiger partial charge in [-0.3, -0.25) is 0 Å². The molecule has 2 radical (unpaired) electrons. The number of carbonyl (C=O) groups is 1. The van der Waals surface area contributed by atoms with Crippen molar-refractivity contribution in [3.05, 3.63) is 25.7 Å². The normalized spacial score (nSPS) is 9.69. The average molecular weight is 182 g/mol. The Balaban J connectivity index is 3.16. The predicted molar refractivity (Wildman–Crippen MR) is 53.6 cm³/mol. The smallest absolute Gasteiger partial charge is 0.333 e. The average Bonchev–Trinajstić information content (AvgIpc) is 2.10. The minimum Gasteiger partial charge on any atom is -0.455 e. The van der Waals surface area contributed by atoms with Crippen LogP contribution in [0.15, 0.2) is 12.2 Å². The molecule has 74 valence electrons. The fourth-order valence-corrected chi connectivity index (χ4v) is 0.816. The molecule has 0 atom stereocenters. The van der Waals surface area contributed by atoms with Gasteiger partial charge in [-0.2, -0.15) is 0 Å². The summed E-state index contributed by atoms with van der Waals surface area (Å²) in [5.41, 5.74) is 0.439. The third-order valence-corrected chi connectivity index (χ3v) is 1.61. The van der Waals surface area contributed by atoms with Crippen molar-refractivity contribution >= 4 is 5.97 Å². The lowest BCUT2D eigenvalue weighted by Crippen LogP contribution is -2.02. The van der Waals surface area contributed by atoms with Crippen LogP contribution in [0.4, 0.5) is 0 Å². The van der Waals surface area contributed by atoms with Gasteiger partial charge in [0.2, 0.25) is 0 Å². The van der Waals surface area contributed by atoms with Crippen LogP contribution in [0.5, 0.6) is 0 Å². The quantitative estimate of drug-likeness (QED) is 0.343. The first-order chi connectivity index (χ1) is 6.18. The summed E-state index contributed by atoms with van der Waals surface area (Å²) in [6.07, 6.45) is 5.14. The van der Waals surface area contributed by atoms with Crippen LogP contribution in [0.2, 0.25) is 0 Å². The monoisotopic (exact) mass is 182 g/mol. The molecule has 0 amide bonds. The zero-order valence-electron chi connectivity index (χ0n) is 8.34. The summed E-state index contributed by atoms with van der Waals surface area (Å²) in [6, 6.07) is 0. The molecular formula is C11H18O2. The van der Waals surface area contributed by atoms with Crippen molar-refractivity contribution in [3.8, 4) is 0 Å². The maximum atomic E-state index is 10.9. The van der Waals surface area contributed by atoms with Crippen molar-refractivity contribution in [2.24, 2.45) is 0 Å². The van der Waals surface area contributed by atoms with Crippen LogP contribution in [-0.2, 0) is 9.53 Å². The maximum Gasteiger partial charge on any atom is 0.333 e. The van der Waals surface area contributed by atoms with Crippen LogP contribution in [0.3, 0.4) is 0 Å². The Bertz CT molecular complexity index is 161. The van der Waals surface area contributed by atoms with E-state index in [-0.39, 0.29) is 5.97 Å². The molecule has 0 aromatic heterocycles.